The highest BCUT2D eigenvalue weighted by Gasteiger charge is 2.16. The van der Waals surface area contributed by atoms with Gasteiger partial charge in [0.05, 0.1) is 23.2 Å². The molecule has 3 N–H and O–H groups in total. The highest BCUT2D eigenvalue weighted by atomic mass is 32.1. The van der Waals surface area contributed by atoms with Crippen molar-refractivity contribution in [3.05, 3.63) is 45.9 Å². The SMILES string of the molecule is O=C(Cc1ncsc1C(=O)O)Nc1ccc(C(=O)O)cc1. The molecule has 21 heavy (non-hydrogen) atoms. The first kappa shape index (κ1) is 14.7. The summed E-state index contributed by atoms with van der Waals surface area (Å²) in [4.78, 5) is 37.3. The van der Waals surface area contributed by atoms with E-state index in [0.717, 1.165) is 11.3 Å². The lowest BCUT2D eigenvalue weighted by atomic mass is 10.2. The third kappa shape index (κ3) is 3.63. The van der Waals surface area contributed by atoms with Gasteiger partial charge in [-0.15, -0.1) is 11.3 Å². The molecule has 1 heterocycles. The molecule has 0 bridgehead atoms. The van der Waals surface area contributed by atoms with Gasteiger partial charge in [0.25, 0.3) is 0 Å². The summed E-state index contributed by atoms with van der Waals surface area (Å²) in [7, 11) is 0. The van der Waals surface area contributed by atoms with E-state index in [2.05, 4.69) is 10.3 Å². The van der Waals surface area contributed by atoms with Gasteiger partial charge >= 0.3 is 11.9 Å². The van der Waals surface area contributed by atoms with E-state index < -0.39 is 17.8 Å². The summed E-state index contributed by atoms with van der Waals surface area (Å²) in [5.74, 6) is -2.60. The summed E-state index contributed by atoms with van der Waals surface area (Å²) in [6.45, 7) is 0. The number of nitrogens with one attached hydrogen (secondary N) is 1. The quantitative estimate of drug-likeness (QED) is 0.774. The van der Waals surface area contributed by atoms with Crippen LogP contribution in [0.25, 0.3) is 0 Å². The Labute approximate surface area is 122 Å². The van der Waals surface area contributed by atoms with Crippen LogP contribution in [0.4, 0.5) is 5.69 Å². The predicted octanol–water partition coefficient (Wildman–Crippen LogP) is 1.72. The second-order valence-corrected chi connectivity index (χ2v) is 4.90. The number of hydrogen-bond donors (Lipinski definition) is 3. The van der Waals surface area contributed by atoms with Crippen molar-refractivity contribution in [1.29, 1.82) is 0 Å². The average Bonchev–Trinajstić information content (AvgIpc) is 2.87. The van der Waals surface area contributed by atoms with Gasteiger partial charge in [-0.25, -0.2) is 14.6 Å². The maximum atomic E-state index is 11.8. The maximum Gasteiger partial charge on any atom is 0.347 e. The Bertz CT molecular complexity index is 693. The molecule has 8 heteroatoms. The lowest BCUT2D eigenvalue weighted by molar-refractivity contribution is -0.115. The number of carboxylic acids is 2. The molecule has 0 unspecified atom stereocenters. The number of amides is 1. The topological polar surface area (TPSA) is 117 Å². The van der Waals surface area contributed by atoms with Crippen molar-refractivity contribution in [2.45, 2.75) is 6.42 Å². The zero-order valence-corrected chi connectivity index (χ0v) is 11.4. The second kappa shape index (κ2) is 6.14. The van der Waals surface area contributed by atoms with Crippen LogP contribution in [0.5, 0.6) is 0 Å². The Morgan fingerprint density at radius 2 is 1.76 bits per heavy atom. The Hall–Kier alpha value is -2.74. The fourth-order valence-electron chi connectivity index (χ4n) is 1.62. The first-order valence-electron chi connectivity index (χ1n) is 5.76. The molecule has 0 aliphatic carbocycles. The molecule has 0 saturated carbocycles. The van der Waals surface area contributed by atoms with Crippen molar-refractivity contribution >= 4 is 34.9 Å². The minimum absolute atomic E-state index is 0.0337. The van der Waals surface area contributed by atoms with E-state index in [4.69, 9.17) is 10.2 Å². The molecule has 1 amide bonds. The molecule has 0 fully saturated rings. The van der Waals surface area contributed by atoms with Gasteiger partial charge in [0.15, 0.2) is 0 Å². The number of thiazole rings is 1. The van der Waals surface area contributed by atoms with Crippen LogP contribution in [-0.2, 0) is 11.2 Å². The average molecular weight is 306 g/mol. The molecule has 1 aromatic heterocycles. The van der Waals surface area contributed by atoms with Crippen LogP contribution in [0.3, 0.4) is 0 Å². The molecule has 2 aromatic rings. The first-order chi connectivity index (χ1) is 9.97. The summed E-state index contributed by atoms with van der Waals surface area (Å²) >= 11 is 0.955. The summed E-state index contributed by atoms with van der Waals surface area (Å²) in [5, 5.41) is 20.2. The Morgan fingerprint density at radius 1 is 1.10 bits per heavy atom. The van der Waals surface area contributed by atoms with E-state index in [0.29, 0.717) is 5.69 Å². The van der Waals surface area contributed by atoms with Crippen LogP contribution in [0.1, 0.15) is 25.7 Å². The van der Waals surface area contributed by atoms with Crippen LogP contribution >= 0.6 is 11.3 Å². The van der Waals surface area contributed by atoms with Gasteiger partial charge in [0.1, 0.15) is 4.88 Å². The van der Waals surface area contributed by atoms with Crippen molar-refractivity contribution in [2.75, 3.05) is 5.32 Å². The predicted molar refractivity (Wildman–Crippen MR) is 74.8 cm³/mol. The van der Waals surface area contributed by atoms with Crippen LogP contribution in [0, 0.1) is 0 Å². The first-order valence-corrected chi connectivity index (χ1v) is 6.64. The lowest BCUT2D eigenvalue weighted by Crippen LogP contribution is -2.16. The van der Waals surface area contributed by atoms with Gasteiger partial charge in [0, 0.05) is 5.69 Å². The highest BCUT2D eigenvalue weighted by molar-refractivity contribution is 7.11. The minimum atomic E-state index is -1.12. The zero-order valence-electron chi connectivity index (χ0n) is 10.6. The number of carbonyl (C=O) groups is 3. The number of aromatic nitrogens is 1. The van der Waals surface area contributed by atoms with Crippen LogP contribution in [0.2, 0.25) is 0 Å². The van der Waals surface area contributed by atoms with Crippen LogP contribution in [-0.4, -0.2) is 33.0 Å². The lowest BCUT2D eigenvalue weighted by Gasteiger charge is -2.05. The van der Waals surface area contributed by atoms with Crippen LogP contribution in [0.15, 0.2) is 29.8 Å². The molecule has 0 radical (unpaired) electrons. The normalized spacial score (nSPS) is 10.1. The van der Waals surface area contributed by atoms with Crippen LogP contribution < -0.4 is 5.32 Å². The molecule has 0 atom stereocenters. The van der Waals surface area contributed by atoms with E-state index in [1.165, 1.54) is 29.8 Å². The number of carboxylic acid groups (broad SMARTS) is 2. The van der Waals surface area contributed by atoms with E-state index in [9.17, 15) is 14.4 Å². The van der Waals surface area contributed by atoms with Gasteiger partial charge in [-0.1, -0.05) is 0 Å². The monoisotopic (exact) mass is 306 g/mol. The maximum absolute atomic E-state index is 11.8. The molecule has 0 aliphatic rings. The van der Waals surface area contributed by atoms with E-state index in [1.54, 1.807) is 0 Å². The molecule has 0 spiro atoms. The largest absolute Gasteiger partial charge is 0.478 e. The summed E-state index contributed by atoms with van der Waals surface area (Å²) < 4.78 is 0. The van der Waals surface area contributed by atoms with Crippen molar-refractivity contribution in [1.82, 2.24) is 4.98 Å². The number of nitrogens with zero attached hydrogens (tertiary/aromatic N) is 1. The van der Waals surface area contributed by atoms with Crippen molar-refractivity contribution in [2.24, 2.45) is 0 Å². The zero-order chi connectivity index (χ0) is 15.4. The van der Waals surface area contributed by atoms with E-state index >= 15 is 0 Å². The highest BCUT2D eigenvalue weighted by Crippen LogP contribution is 2.15. The molecule has 108 valence electrons. The molecular formula is C13H10N2O5S. The molecule has 0 saturated heterocycles. The van der Waals surface area contributed by atoms with Gasteiger partial charge in [-0.2, -0.15) is 0 Å². The number of benzene rings is 1. The smallest absolute Gasteiger partial charge is 0.347 e. The third-order valence-electron chi connectivity index (χ3n) is 2.58. The van der Waals surface area contributed by atoms with Crippen molar-refractivity contribution < 1.29 is 24.6 Å². The molecule has 7 nitrogen and oxygen atoms in total. The van der Waals surface area contributed by atoms with Crippen molar-refractivity contribution in [3.8, 4) is 0 Å². The molecular weight excluding hydrogens is 296 g/mol. The fourth-order valence-corrected chi connectivity index (χ4v) is 2.27. The fraction of sp³-hybridized carbons (Fsp3) is 0.0769. The van der Waals surface area contributed by atoms with Gasteiger partial charge in [-0.05, 0) is 24.3 Å². The number of hydrogen-bond acceptors (Lipinski definition) is 5. The summed E-state index contributed by atoms with van der Waals surface area (Å²) in [5.41, 5.74) is 2.11. The Kier molecular flexibility index (Phi) is 4.29. The minimum Gasteiger partial charge on any atom is -0.478 e. The summed E-state index contributed by atoms with van der Waals surface area (Å²) in [6, 6.07) is 5.65. The molecule has 2 rings (SSSR count). The Morgan fingerprint density at radius 3 is 2.33 bits per heavy atom. The van der Waals surface area contributed by atoms with Gasteiger partial charge < -0.3 is 15.5 Å². The third-order valence-corrected chi connectivity index (χ3v) is 3.44. The number of rotatable bonds is 5. The standard InChI is InChI=1S/C13H10N2O5S/c16-10(5-9-11(13(19)20)21-6-14-9)15-8-3-1-7(2-4-8)12(17)18/h1-4,6H,5H2,(H,15,16)(H,17,18)(H,19,20). The molecule has 1 aromatic carbocycles. The number of anilines is 1. The van der Waals surface area contributed by atoms with Gasteiger partial charge in [-0.3, -0.25) is 4.79 Å². The number of aromatic carboxylic acids is 2. The van der Waals surface area contributed by atoms with Crippen molar-refractivity contribution in [3.63, 3.8) is 0 Å². The second-order valence-electron chi connectivity index (χ2n) is 4.04. The Balaban J connectivity index is 2.03. The van der Waals surface area contributed by atoms with Gasteiger partial charge in [0.2, 0.25) is 5.91 Å². The number of carbonyl (C=O) groups excluding carboxylic acids is 1. The van der Waals surface area contributed by atoms with E-state index in [1.807, 2.05) is 0 Å². The summed E-state index contributed by atoms with van der Waals surface area (Å²) in [6.07, 6.45) is -0.161. The van der Waals surface area contributed by atoms with E-state index in [-0.39, 0.29) is 22.6 Å². The molecule has 0 aliphatic heterocycles.